The molecule has 1 atom stereocenters. The Morgan fingerprint density at radius 1 is 0.761 bits per heavy atom. The van der Waals surface area contributed by atoms with E-state index in [1.807, 2.05) is 13.8 Å². The zero-order chi connectivity index (χ0) is 34.0. The lowest BCUT2D eigenvalue weighted by Gasteiger charge is -2.32. The number of hydrogen-bond donors (Lipinski definition) is 1. The third-order valence-electron chi connectivity index (χ3n) is 7.22. The highest BCUT2D eigenvalue weighted by molar-refractivity contribution is 7.92. The molecule has 250 valence electrons. The van der Waals surface area contributed by atoms with E-state index in [0.29, 0.717) is 29.4 Å². The summed E-state index contributed by atoms with van der Waals surface area (Å²) in [6.07, 6.45) is 0. The standard InChI is InChI=1S/C33H43N3O9S/c1-22(2)19-34-33(38)23(3)35(20-24-10-9-11-25(16-24)41-4)32(37)21-36(28-17-26(42-5)12-14-29(28)43-6)46(39,40)27-13-15-30(44-7)31(18-27)45-8/h9-18,22-23H,19-21H2,1-8H3,(H,34,38). The molecule has 3 aromatic carbocycles. The third-order valence-corrected chi connectivity index (χ3v) is 8.97. The van der Waals surface area contributed by atoms with Gasteiger partial charge in [-0.1, -0.05) is 26.0 Å². The molecule has 0 aromatic heterocycles. The Morgan fingerprint density at radius 2 is 1.39 bits per heavy atom. The van der Waals surface area contributed by atoms with E-state index in [-0.39, 0.29) is 40.5 Å². The highest BCUT2D eigenvalue weighted by atomic mass is 32.2. The fraction of sp³-hybridized carbons (Fsp3) is 0.394. The molecule has 0 spiro atoms. The van der Waals surface area contributed by atoms with Gasteiger partial charge in [-0.25, -0.2) is 8.42 Å². The molecule has 13 heteroatoms. The first-order valence-electron chi connectivity index (χ1n) is 14.6. The third kappa shape index (κ3) is 8.53. The first-order valence-corrected chi connectivity index (χ1v) is 16.0. The molecule has 0 aliphatic carbocycles. The summed E-state index contributed by atoms with van der Waals surface area (Å²) in [5, 5.41) is 2.87. The highest BCUT2D eigenvalue weighted by Gasteiger charge is 2.34. The van der Waals surface area contributed by atoms with Gasteiger partial charge in [0.2, 0.25) is 11.8 Å². The van der Waals surface area contributed by atoms with Gasteiger partial charge in [0.25, 0.3) is 10.0 Å². The van der Waals surface area contributed by atoms with Crippen molar-refractivity contribution in [3.8, 4) is 28.7 Å². The Kier molecular flexibility index (Phi) is 12.5. The van der Waals surface area contributed by atoms with Crippen LogP contribution < -0.4 is 33.3 Å². The summed E-state index contributed by atoms with van der Waals surface area (Å²) in [5.41, 5.74) is 0.743. The molecule has 3 rings (SSSR count). The molecular formula is C33H43N3O9S. The summed E-state index contributed by atoms with van der Waals surface area (Å²) in [4.78, 5) is 28.8. The van der Waals surface area contributed by atoms with Crippen molar-refractivity contribution in [3.05, 3.63) is 66.2 Å². The number of ether oxygens (including phenoxy) is 5. The summed E-state index contributed by atoms with van der Waals surface area (Å²) in [6.45, 7) is 5.26. The van der Waals surface area contributed by atoms with Crippen LogP contribution in [0.5, 0.6) is 28.7 Å². The average Bonchev–Trinajstić information content (AvgIpc) is 3.07. The Hall–Kier alpha value is -4.65. The van der Waals surface area contributed by atoms with Crippen molar-refractivity contribution in [1.82, 2.24) is 10.2 Å². The van der Waals surface area contributed by atoms with Gasteiger partial charge in [-0.3, -0.25) is 13.9 Å². The lowest BCUT2D eigenvalue weighted by Crippen LogP contribution is -2.51. The minimum Gasteiger partial charge on any atom is -0.497 e. The second-order valence-electron chi connectivity index (χ2n) is 10.8. The minimum atomic E-state index is -4.45. The molecule has 0 saturated carbocycles. The Morgan fingerprint density at radius 3 is 2.00 bits per heavy atom. The van der Waals surface area contributed by atoms with Gasteiger partial charge in [-0.05, 0) is 54.8 Å². The van der Waals surface area contributed by atoms with Gasteiger partial charge < -0.3 is 33.9 Å². The molecule has 3 aromatic rings. The minimum absolute atomic E-state index is 0.00574. The zero-order valence-electron chi connectivity index (χ0n) is 27.5. The molecule has 46 heavy (non-hydrogen) atoms. The number of rotatable bonds is 16. The molecule has 0 aliphatic rings. The maximum Gasteiger partial charge on any atom is 0.265 e. The smallest absolute Gasteiger partial charge is 0.265 e. The molecule has 2 amide bonds. The van der Waals surface area contributed by atoms with Crippen LogP contribution in [0.4, 0.5) is 5.69 Å². The summed E-state index contributed by atoms with van der Waals surface area (Å²) in [6, 6.07) is 14.9. The molecule has 0 saturated heterocycles. The van der Waals surface area contributed by atoms with E-state index in [4.69, 9.17) is 23.7 Å². The topological polar surface area (TPSA) is 133 Å². The van der Waals surface area contributed by atoms with Crippen molar-refractivity contribution >= 4 is 27.5 Å². The summed E-state index contributed by atoms with van der Waals surface area (Å²) in [7, 11) is 2.74. The number of carbonyl (C=O) groups is 2. The van der Waals surface area contributed by atoms with E-state index < -0.39 is 28.5 Å². The molecule has 1 N–H and O–H groups in total. The molecule has 0 bridgehead atoms. The van der Waals surface area contributed by atoms with Gasteiger partial charge in [-0.2, -0.15) is 0 Å². The van der Waals surface area contributed by atoms with Crippen LogP contribution in [0.3, 0.4) is 0 Å². The number of anilines is 1. The van der Waals surface area contributed by atoms with Crippen molar-refractivity contribution in [1.29, 1.82) is 0 Å². The van der Waals surface area contributed by atoms with Crippen molar-refractivity contribution in [2.45, 2.75) is 38.3 Å². The molecule has 1 unspecified atom stereocenters. The predicted molar refractivity (Wildman–Crippen MR) is 174 cm³/mol. The van der Waals surface area contributed by atoms with E-state index in [2.05, 4.69) is 5.32 Å². The van der Waals surface area contributed by atoms with Crippen LogP contribution in [0, 0.1) is 5.92 Å². The SMILES string of the molecule is COc1cccc(CN(C(=O)CN(c2cc(OC)ccc2OC)S(=O)(=O)c2ccc(OC)c(OC)c2)C(C)C(=O)NCC(C)C)c1. The first kappa shape index (κ1) is 35.8. The van der Waals surface area contributed by atoms with Crippen LogP contribution in [0.15, 0.2) is 65.6 Å². The largest absolute Gasteiger partial charge is 0.497 e. The number of amides is 2. The quantitative estimate of drug-likeness (QED) is 0.242. The van der Waals surface area contributed by atoms with Gasteiger partial charge in [-0.15, -0.1) is 0 Å². The van der Waals surface area contributed by atoms with E-state index in [0.717, 1.165) is 4.31 Å². The van der Waals surface area contributed by atoms with Gasteiger partial charge in [0, 0.05) is 25.2 Å². The number of nitrogens with one attached hydrogen (secondary N) is 1. The van der Waals surface area contributed by atoms with Gasteiger partial charge >= 0.3 is 0 Å². The maximum absolute atomic E-state index is 14.4. The fourth-order valence-corrected chi connectivity index (χ4v) is 6.04. The Balaban J connectivity index is 2.16. The average molecular weight is 658 g/mol. The molecule has 12 nitrogen and oxygen atoms in total. The van der Waals surface area contributed by atoms with E-state index in [1.54, 1.807) is 43.3 Å². The number of hydrogen-bond acceptors (Lipinski definition) is 9. The molecular weight excluding hydrogens is 614 g/mol. The highest BCUT2D eigenvalue weighted by Crippen LogP contribution is 2.38. The second kappa shape index (κ2) is 16.1. The van der Waals surface area contributed by atoms with Crippen LogP contribution in [0.1, 0.15) is 26.3 Å². The van der Waals surface area contributed by atoms with E-state index in [9.17, 15) is 18.0 Å². The van der Waals surface area contributed by atoms with Gasteiger partial charge in [0.15, 0.2) is 11.5 Å². The van der Waals surface area contributed by atoms with Gasteiger partial charge in [0.1, 0.15) is 29.8 Å². The molecule has 0 fully saturated rings. The normalized spacial score (nSPS) is 11.8. The first-order chi connectivity index (χ1) is 21.9. The lowest BCUT2D eigenvalue weighted by molar-refractivity contribution is -0.139. The fourth-order valence-electron chi connectivity index (χ4n) is 4.61. The molecule has 0 aliphatic heterocycles. The van der Waals surface area contributed by atoms with Crippen molar-refractivity contribution < 1.29 is 41.7 Å². The van der Waals surface area contributed by atoms with E-state index in [1.165, 1.54) is 64.7 Å². The summed E-state index contributed by atoms with van der Waals surface area (Å²) in [5.74, 6) is 0.769. The number of benzene rings is 3. The van der Waals surface area contributed by atoms with Crippen LogP contribution in [0.2, 0.25) is 0 Å². The zero-order valence-corrected chi connectivity index (χ0v) is 28.3. The summed E-state index contributed by atoms with van der Waals surface area (Å²) >= 11 is 0. The van der Waals surface area contributed by atoms with Crippen LogP contribution in [-0.2, 0) is 26.2 Å². The summed E-state index contributed by atoms with van der Waals surface area (Å²) < 4.78 is 56.7. The van der Waals surface area contributed by atoms with Gasteiger partial charge in [0.05, 0.1) is 46.1 Å². The van der Waals surface area contributed by atoms with Crippen LogP contribution in [0.25, 0.3) is 0 Å². The van der Waals surface area contributed by atoms with Crippen molar-refractivity contribution in [3.63, 3.8) is 0 Å². The number of sulfonamides is 1. The maximum atomic E-state index is 14.4. The Bertz CT molecular complexity index is 1610. The lowest BCUT2D eigenvalue weighted by atomic mass is 10.1. The Labute approximate surface area is 271 Å². The number of carbonyl (C=O) groups excluding carboxylic acids is 2. The van der Waals surface area contributed by atoms with Crippen LogP contribution >= 0.6 is 0 Å². The number of methoxy groups -OCH3 is 5. The second-order valence-corrected chi connectivity index (χ2v) is 12.6. The number of nitrogens with zero attached hydrogens (tertiary/aromatic N) is 2. The molecule has 0 radical (unpaired) electrons. The van der Waals surface area contributed by atoms with Crippen molar-refractivity contribution in [2.24, 2.45) is 5.92 Å². The predicted octanol–water partition coefficient (Wildman–Crippen LogP) is 4.11. The molecule has 0 heterocycles. The van der Waals surface area contributed by atoms with Crippen molar-refractivity contribution in [2.75, 3.05) is 52.9 Å². The monoisotopic (exact) mass is 657 g/mol. The van der Waals surface area contributed by atoms with E-state index >= 15 is 0 Å². The van der Waals surface area contributed by atoms with Crippen LogP contribution in [-0.4, -0.2) is 79.8 Å².